The Kier molecular flexibility index (Phi) is 4.66. The molecule has 2 N–H and O–H groups in total. The third kappa shape index (κ3) is 3.11. The van der Waals surface area contributed by atoms with E-state index in [1.165, 1.54) is 0 Å². The Hall–Kier alpha value is -1.88. The molecule has 124 valence electrons. The predicted molar refractivity (Wildman–Crippen MR) is 88.5 cm³/mol. The summed E-state index contributed by atoms with van der Waals surface area (Å²) in [7, 11) is 0. The molecule has 2 amide bonds. The molecule has 2 heterocycles. The van der Waals surface area contributed by atoms with Gasteiger partial charge in [0.1, 0.15) is 6.04 Å². The fourth-order valence-corrected chi connectivity index (χ4v) is 4.29. The Labute approximate surface area is 137 Å². The van der Waals surface area contributed by atoms with E-state index in [-0.39, 0.29) is 23.9 Å². The Morgan fingerprint density at radius 3 is 2.39 bits per heavy atom. The molecular formula is C18H25N3O2. The minimum atomic E-state index is -0.405. The number of carbonyl (C=O) groups excluding carboxylic acids is 2. The summed E-state index contributed by atoms with van der Waals surface area (Å²) >= 11 is 0. The standard InChI is InChI=1S/C18H25N3O2/c1-13(22)20-11-5-9-15(20)16-10-6-12-21(16)17(18(19)23)14-7-3-2-4-8-14/h2-4,7-8,15-17H,5-6,9-12H2,1H3,(H2,19,23)/t15-,16-,17-/m1/s1. The SMILES string of the molecule is CC(=O)N1CCC[C@@H]1[C@H]1CCCN1[C@@H](C(N)=O)c1ccccc1. The van der Waals surface area contributed by atoms with E-state index in [1.54, 1.807) is 6.92 Å². The van der Waals surface area contributed by atoms with Crippen LogP contribution in [0.15, 0.2) is 30.3 Å². The number of rotatable bonds is 4. The molecule has 2 aliphatic rings. The van der Waals surface area contributed by atoms with Crippen molar-refractivity contribution in [3.8, 4) is 0 Å². The first-order chi connectivity index (χ1) is 11.1. The molecule has 3 rings (SSSR count). The molecule has 0 spiro atoms. The third-order valence-corrected chi connectivity index (χ3v) is 5.21. The van der Waals surface area contributed by atoms with Crippen LogP contribution in [-0.2, 0) is 9.59 Å². The first kappa shape index (κ1) is 16.0. The monoisotopic (exact) mass is 315 g/mol. The van der Waals surface area contributed by atoms with Crippen molar-refractivity contribution in [3.05, 3.63) is 35.9 Å². The van der Waals surface area contributed by atoms with Crippen LogP contribution in [0.2, 0.25) is 0 Å². The number of carbonyl (C=O) groups is 2. The maximum absolute atomic E-state index is 12.2. The Morgan fingerprint density at radius 2 is 1.74 bits per heavy atom. The smallest absolute Gasteiger partial charge is 0.239 e. The normalized spacial score (nSPS) is 26.4. The minimum absolute atomic E-state index is 0.134. The van der Waals surface area contributed by atoms with Gasteiger partial charge in [0.25, 0.3) is 0 Å². The highest BCUT2D eigenvalue weighted by molar-refractivity contribution is 5.81. The number of nitrogens with zero attached hydrogens (tertiary/aromatic N) is 2. The van der Waals surface area contributed by atoms with Crippen molar-refractivity contribution in [3.63, 3.8) is 0 Å². The number of likely N-dealkylation sites (tertiary alicyclic amines) is 2. The van der Waals surface area contributed by atoms with Crippen LogP contribution >= 0.6 is 0 Å². The summed E-state index contributed by atoms with van der Waals surface area (Å²) in [6.45, 7) is 3.33. The van der Waals surface area contributed by atoms with Crippen molar-refractivity contribution in [2.75, 3.05) is 13.1 Å². The lowest BCUT2D eigenvalue weighted by molar-refractivity contribution is -0.131. The predicted octanol–water partition coefficient (Wildman–Crippen LogP) is 1.69. The number of nitrogens with two attached hydrogens (primary N) is 1. The summed E-state index contributed by atoms with van der Waals surface area (Å²) in [6.07, 6.45) is 4.12. The average molecular weight is 315 g/mol. The van der Waals surface area contributed by atoms with Gasteiger partial charge in [0.05, 0.1) is 0 Å². The molecule has 0 unspecified atom stereocenters. The number of amides is 2. The van der Waals surface area contributed by atoms with Crippen LogP contribution in [-0.4, -0.2) is 46.8 Å². The van der Waals surface area contributed by atoms with Gasteiger partial charge < -0.3 is 10.6 Å². The second-order valence-corrected chi connectivity index (χ2v) is 6.58. The number of hydrogen-bond donors (Lipinski definition) is 1. The molecule has 0 aromatic heterocycles. The molecule has 0 saturated carbocycles. The van der Waals surface area contributed by atoms with Crippen molar-refractivity contribution in [1.29, 1.82) is 0 Å². The van der Waals surface area contributed by atoms with Gasteiger partial charge in [-0.05, 0) is 37.8 Å². The second-order valence-electron chi connectivity index (χ2n) is 6.58. The highest BCUT2D eigenvalue weighted by Crippen LogP contribution is 2.35. The molecule has 0 radical (unpaired) electrons. The average Bonchev–Trinajstić information content (AvgIpc) is 3.16. The van der Waals surface area contributed by atoms with E-state index in [4.69, 9.17) is 5.73 Å². The van der Waals surface area contributed by atoms with E-state index < -0.39 is 6.04 Å². The minimum Gasteiger partial charge on any atom is -0.368 e. The van der Waals surface area contributed by atoms with Gasteiger partial charge in [-0.15, -0.1) is 0 Å². The van der Waals surface area contributed by atoms with Crippen LogP contribution in [0.1, 0.15) is 44.2 Å². The molecule has 5 nitrogen and oxygen atoms in total. The van der Waals surface area contributed by atoms with Crippen LogP contribution in [0.25, 0.3) is 0 Å². The third-order valence-electron chi connectivity index (χ3n) is 5.21. The number of primary amides is 1. The van der Waals surface area contributed by atoms with Crippen LogP contribution in [0.4, 0.5) is 0 Å². The molecule has 2 fully saturated rings. The van der Waals surface area contributed by atoms with Gasteiger partial charge in [-0.3, -0.25) is 14.5 Å². The molecule has 2 saturated heterocycles. The van der Waals surface area contributed by atoms with Crippen LogP contribution < -0.4 is 5.73 Å². The van der Waals surface area contributed by atoms with E-state index in [2.05, 4.69) is 4.90 Å². The van der Waals surface area contributed by atoms with Crippen molar-refractivity contribution in [1.82, 2.24) is 9.80 Å². The molecule has 3 atom stereocenters. The fourth-order valence-electron chi connectivity index (χ4n) is 4.29. The summed E-state index contributed by atoms with van der Waals surface area (Å²) in [6, 6.07) is 9.77. The molecule has 0 bridgehead atoms. The van der Waals surface area contributed by atoms with Gasteiger partial charge in [0.15, 0.2) is 0 Å². The van der Waals surface area contributed by atoms with Gasteiger partial charge in [-0.1, -0.05) is 30.3 Å². The topological polar surface area (TPSA) is 66.6 Å². The van der Waals surface area contributed by atoms with Gasteiger partial charge >= 0.3 is 0 Å². The second kappa shape index (κ2) is 6.71. The van der Waals surface area contributed by atoms with Crippen LogP contribution in [0, 0.1) is 0 Å². The van der Waals surface area contributed by atoms with E-state index >= 15 is 0 Å². The highest BCUT2D eigenvalue weighted by Gasteiger charge is 2.42. The maximum atomic E-state index is 12.2. The molecular weight excluding hydrogens is 290 g/mol. The van der Waals surface area contributed by atoms with Gasteiger partial charge in [0, 0.05) is 25.6 Å². The first-order valence-corrected chi connectivity index (χ1v) is 8.47. The highest BCUT2D eigenvalue weighted by atomic mass is 16.2. The number of benzene rings is 1. The van der Waals surface area contributed by atoms with E-state index in [0.29, 0.717) is 0 Å². The van der Waals surface area contributed by atoms with E-state index in [0.717, 1.165) is 44.3 Å². The fraction of sp³-hybridized carbons (Fsp3) is 0.556. The van der Waals surface area contributed by atoms with E-state index in [1.807, 2.05) is 35.2 Å². The van der Waals surface area contributed by atoms with E-state index in [9.17, 15) is 9.59 Å². The zero-order valence-electron chi connectivity index (χ0n) is 13.6. The number of hydrogen-bond acceptors (Lipinski definition) is 3. The molecule has 0 aliphatic carbocycles. The summed E-state index contributed by atoms with van der Waals surface area (Å²) in [4.78, 5) is 28.3. The lowest BCUT2D eigenvalue weighted by atomic mass is 9.98. The Bertz CT molecular complexity index is 575. The van der Waals surface area contributed by atoms with Crippen LogP contribution in [0.3, 0.4) is 0 Å². The summed E-state index contributed by atoms with van der Waals surface area (Å²) < 4.78 is 0. The van der Waals surface area contributed by atoms with Crippen molar-refractivity contribution in [2.24, 2.45) is 5.73 Å². The van der Waals surface area contributed by atoms with Gasteiger partial charge in [0.2, 0.25) is 11.8 Å². The summed E-state index contributed by atoms with van der Waals surface area (Å²) in [5.41, 5.74) is 6.69. The quantitative estimate of drug-likeness (QED) is 0.919. The Balaban J connectivity index is 1.87. The lowest BCUT2D eigenvalue weighted by Gasteiger charge is -2.38. The zero-order valence-corrected chi connectivity index (χ0v) is 13.6. The van der Waals surface area contributed by atoms with Gasteiger partial charge in [-0.25, -0.2) is 0 Å². The summed E-state index contributed by atoms with van der Waals surface area (Å²) in [5, 5.41) is 0. The Morgan fingerprint density at radius 1 is 1.09 bits per heavy atom. The van der Waals surface area contributed by atoms with Crippen molar-refractivity contribution < 1.29 is 9.59 Å². The largest absolute Gasteiger partial charge is 0.368 e. The zero-order chi connectivity index (χ0) is 16.4. The summed E-state index contributed by atoms with van der Waals surface area (Å²) in [5.74, 6) is -0.176. The van der Waals surface area contributed by atoms with Gasteiger partial charge in [-0.2, -0.15) is 0 Å². The molecule has 5 heteroatoms. The van der Waals surface area contributed by atoms with Crippen molar-refractivity contribution in [2.45, 2.75) is 50.7 Å². The first-order valence-electron chi connectivity index (χ1n) is 8.47. The lowest BCUT2D eigenvalue weighted by Crippen LogP contribution is -2.50. The molecule has 2 aliphatic heterocycles. The molecule has 1 aromatic carbocycles. The maximum Gasteiger partial charge on any atom is 0.239 e. The molecule has 23 heavy (non-hydrogen) atoms. The van der Waals surface area contributed by atoms with Crippen molar-refractivity contribution >= 4 is 11.8 Å². The van der Waals surface area contributed by atoms with Crippen LogP contribution in [0.5, 0.6) is 0 Å². The molecule has 1 aromatic rings.